The van der Waals surface area contributed by atoms with Crippen molar-refractivity contribution in [2.75, 3.05) is 25.2 Å². The molecule has 0 aliphatic carbocycles. The Bertz CT molecular complexity index is 511. The summed E-state index contributed by atoms with van der Waals surface area (Å²) in [5, 5.41) is 17.4. The first-order chi connectivity index (χ1) is 9.37. The first-order valence-corrected chi connectivity index (χ1v) is 6.44. The van der Waals surface area contributed by atoms with Crippen LogP contribution in [-0.4, -0.2) is 30.3 Å². The van der Waals surface area contributed by atoms with Gasteiger partial charge in [0.1, 0.15) is 5.69 Å². The smallest absolute Gasteiger partial charge is 0.296 e. The first-order valence-electron chi connectivity index (χ1n) is 6.44. The molecule has 1 heterocycles. The quantitative estimate of drug-likeness (QED) is 0.488. The summed E-state index contributed by atoms with van der Waals surface area (Å²) in [6, 6.07) is 3.00. The van der Waals surface area contributed by atoms with Crippen LogP contribution in [0, 0.1) is 10.1 Å². The summed E-state index contributed by atoms with van der Waals surface area (Å²) in [4.78, 5) is 10.6. The lowest BCUT2D eigenvalue weighted by Gasteiger charge is -2.20. The van der Waals surface area contributed by atoms with Crippen molar-refractivity contribution < 1.29 is 14.4 Å². The zero-order valence-electron chi connectivity index (χ0n) is 11.9. The normalized spacial score (nSPS) is 13.3. The average Bonchev–Trinajstić information content (AvgIpc) is 2.79. The maximum atomic E-state index is 11.1. The van der Waals surface area contributed by atoms with Gasteiger partial charge in [0.2, 0.25) is 6.79 Å². The molecule has 0 radical (unpaired) electrons. The number of fused-ring (bicyclic) bond motifs is 1. The number of nitro groups is 1. The van der Waals surface area contributed by atoms with Gasteiger partial charge < -0.3 is 20.1 Å². The monoisotopic (exact) mass is 281 g/mol. The lowest BCUT2D eigenvalue weighted by molar-refractivity contribution is -0.384. The number of hydrogen-bond donors (Lipinski definition) is 2. The highest BCUT2D eigenvalue weighted by atomic mass is 16.7. The van der Waals surface area contributed by atoms with Gasteiger partial charge >= 0.3 is 0 Å². The summed E-state index contributed by atoms with van der Waals surface area (Å²) < 4.78 is 10.4. The van der Waals surface area contributed by atoms with Gasteiger partial charge in [-0.2, -0.15) is 0 Å². The van der Waals surface area contributed by atoms with Gasteiger partial charge in [-0.25, -0.2) is 0 Å². The second-order valence-corrected chi connectivity index (χ2v) is 5.58. The highest BCUT2D eigenvalue weighted by Gasteiger charge is 2.23. The molecule has 0 saturated carbocycles. The minimum atomic E-state index is -0.429. The standard InChI is InChI=1S/C13H19N3O4/c1-13(2,3)15-5-4-14-9-6-11-12(20-8-19-11)7-10(9)16(17)18/h6-7,14-15H,4-5,8H2,1-3H3. The van der Waals surface area contributed by atoms with Gasteiger partial charge in [0, 0.05) is 24.7 Å². The third kappa shape index (κ3) is 3.51. The molecule has 0 atom stereocenters. The highest BCUT2D eigenvalue weighted by Crippen LogP contribution is 2.40. The maximum Gasteiger partial charge on any atom is 0.296 e. The lowest BCUT2D eigenvalue weighted by atomic mass is 10.1. The van der Waals surface area contributed by atoms with E-state index in [-0.39, 0.29) is 18.0 Å². The molecular weight excluding hydrogens is 262 g/mol. The molecule has 2 rings (SSSR count). The Morgan fingerprint density at radius 3 is 2.50 bits per heavy atom. The largest absolute Gasteiger partial charge is 0.454 e. The van der Waals surface area contributed by atoms with Crippen LogP contribution in [0.25, 0.3) is 0 Å². The van der Waals surface area contributed by atoms with E-state index in [9.17, 15) is 10.1 Å². The second kappa shape index (κ2) is 5.54. The topological polar surface area (TPSA) is 85.7 Å². The zero-order chi connectivity index (χ0) is 14.8. The molecule has 0 aromatic heterocycles. The van der Waals surface area contributed by atoms with Gasteiger partial charge in [0.05, 0.1) is 11.0 Å². The van der Waals surface area contributed by atoms with Crippen molar-refractivity contribution in [2.24, 2.45) is 0 Å². The number of ether oxygens (including phenoxy) is 2. The van der Waals surface area contributed by atoms with Crippen molar-refractivity contribution in [1.29, 1.82) is 0 Å². The fourth-order valence-corrected chi connectivity index (χ4v) is 1.86. The third-order valence-electron chi connectivity index (χ3n) is 2.78. The molecule has 0 spiro atoms. The minimum Gasteiger partial charge on any atom is -0.454 e. The SMILES string of the molecule is CC(C)(C)NCCNc1cc2c(cc1[N+](=O)[O-])OCO2. The van der Waals surface area contributed by atoms with E-state index in [0.29, 0.717) is 30.3 Å². The summed E-state index contributed by atoms with van der Waals surface area (Å²) in [5.74, 6) is 0.942. The van der Waals surface area contributed by atoms with Crippen LogP contribution in [0.15, 0.2) is 12.1 Å². The average molecular weight is 281 g/mol. The van der Waals surface area contributed by atoms with Gasteiger partial charge in [-0.15, -0.1) is 0 Å². The Balaban J connectivity index is 2.05. The Kier molecular flexibility index (Phi) is 3.99. The molecule has 110 valence electrons. The lowest BCUT2D eigenvalue weighted by Crippen LogP contribution is -2.38. The minimum absolute atomic E-state index is 0.00925. The number of anilines is 1. The van der Waals surface area contributed by atoms with Gasteiger partial charge in [-0.1, -0.05) is 0 Å². The van der Waals surface area contributed by atoms with Gasteiger partial charge in [-0.05, 0) is 20.8 Å². The Labute approximate surface area is 117 Å². The van der Waals surface area contributed by atoms with Crippen LogP contribution in [0.1, 0.15) is 20.8 Å². The van der Waals surface area contributed by atoms with Crippen LogP contribution in [0.4, 0.5) is 11.4 Å². The van der Waals surface area contributed by atoms with Gasteiger partial charge in [0.25, 0.3) is 5.69 Å². The molecule has 1 aromatic carbocycles. The number of nitro benzene ring substituents is 1. The van der Waals surface area contributed by atoms with E-state index in [2.05, 4.69) is 31.4 Å². The molecule has 7 heteroatoms. The van der Waals surface area contributed by atoms with Crippen LogP contribution >= 0.6 is 0 Å². The zero-order valence-corrected chi connectivity index (χ0v) is 11.9. The van der Waals surface area contributed by atoms with E-state index in [1.54, 1.807) is 6.07 Å². The summed E-state index contributed by atoms with van der Waals surface area (Å²) in [6.45, 7) is 7.58. The molecule has 20 heavy (non-hydrogen) atoms. The van der Waals surface area contributed by atoms with Crippen molar-refractivity contribution in [1.82, 2.24) is 5.32 Å². The van der Waals surface area contributed by atoms with Crippen molar-refractivity contribution in [3.05, 3.63) is 22.2 Å². The molecular formula is C13H19N3O4. The second-order valence-electron chi connectivity index (χ2n) is 5.58. The molecule has 7 nitrogen and oxygen atoms in total. The number of rotatable bonds is 5. The summed E-state index contributed by atoms with van der Waals surface area (Å²) in [7, 11) is 0. The van der Waals surface area contributed by atoms with Crippen LogP contribution in [0.2, 0.25) is 0 Å². The maximum absolute atomic E-state index is 11.1. The van der Waals surface area contributed by atoms with Crippen LogP contribution < -0.4 is 20.1 Å². The predicted molar refractivity (Wildman–Crippen MR) is 75.5 cm³/mol. The third-order valence-corrected chi connectivity index (χ3v) is 2.78. The summed E-state index contributed by atoms with van der Waals surface area (Å²) in [5.41, 5.74) is 0.447. The molecule has 0 fully saturated rings. The molecule has 0 amide bonds. The van der Waals surface area contributed by atoms with Crippen molar-refractivity contribution >= 4 is 11.4 Å². The molecule has 0 saturated heterocycles. The van der Waals surface area contributed by atoms with Crippen LogP contribution in [0.3, 0.4) is 0 Å². The Hall–Kier alpha value is -2.02. The van der Waals surface area contributed by atoms with E-state index in [1.807, 2.05) is 0 Å². The van der Waals surface area contributed by atoms with E-state index in [1.165, 1.54) is 6.07 Å². The number of benzene rings is 1. The molecule has 2 N–H and O–H groups in total. The van der Waals surface area contributed by atoms with Crippen molar-refractivity contribution in [2.45, 2.75) is 26.3 Å². The van der Waals surface area contributed by atoms with E-state index in [0.717, 1.165) is 0 Å². The van der Waals surface area contributed by atoms with E-state index < -0.39 is 4.92 Å². The number of nitrogens with one attached hydrogen (secondary N) is 2. The number of nitrogens with zero attached hydrogens (tertiary/aromatic N) is 1. The van der Waals surface area contributed by atoms with Crippen molar-refractivity contribution in [3.8, 4) is 11.5 Å². The first kappa shape index (κ1) is 14.4. The van der Waals surface area contributed by atoms with Gasteiger partial charge in [-0.3, -0.25) is 10.1 Å². The Morgan fingerprint density at radius 1 is 1.25 bits per heavy atom. The predicted octanol–water partition coefficient (Wildman–Crippen LogP) is 2.12. The fraction of sp³-hybridized carbons (Fsp3) is 0.538. The van der Waals surface area contributed by atoms with E-state index in [4.69, 9.17) is 9.47 Å². The number of hydrogen-bond acceptors (Lipinski definition) is 6. The highest BCUT2D eigenvalue weighted by molar-refractivity contribution is 5.68. The molecule has 0 bridgehead atoms. The summed E-state index contributed by atoms with van der Waals surface area (Å²) >= 11 is 0. The molecule has 0 unspecified atom stereocenters. The summed E-state index contributed by atoms with van der Waals surface area (Å²) in [6.07, 6.45) is 0. The van der Waals surface area contributed by atoms with Gasteiger partial charge in [0.15, 0.2) is 11.5 Å². The van der Waals surface area contributed by atoms with Crippen LogP contribution in [0.5, 0.6) is 11.5 Å². The molecule has 1 aliphatic rings. The fourth-order valence-electron chi connectivity index (χ4n) is 1.86. The van der Waals surface area contributed by atoms with Crippen LogP contribution in [-0.2, 0) is 0 Å². The van der Waals surface area contributed by atoms with E-state index >= 15 is 0 Å². The Morgan fingerprint density at radius 2 is 1.90 bits per heavy atom. The molecule has 1 aromatic rings. The van der Waals surface area contributed by atoms with Crippen molar-refractivity contribution in [3.63, 3.8) is 0 Å². The molecule has 1 aliphatic heterocycles.